The minimum atomic E-state index is -1.25. The van der Waals surface area contributed by atoms with Crippen LogP contribution in [0.3, 0.4) is 0 Å². The van der Waals surface area contributed by atoms with Crippen LogP contribution in [0.5, 0.6) is 0 Å². The number of ketones is 2. The monoisotopic (exact) mass is 977 g/mol. The molecule has 7 atom stereocenters. The summed E-state index contributed by atoms with van der Waals surface area (Å²) in [6.07, 6.45) is 9.40. The fourth-order valence-electron chi connectivity index (χ4n) is 10.6. The van der Waals surface area contributed by atoms with E-state index in [1.165, 1.54) is 17.1 Å². The van der Waals surface area contributed by atoms with Crippen molar-refractivity contribution in [3.8, 4) is 0 Å². The third-order valence-electron chi connectivity index (χ3n) is 14.6. The lowest BCUT2D eigenvalue weighted by atomic mass is 9.79. The van der Waals surface area contributed by atoms with Crippen molar-refractivity contribution in [1.29, 1.82) is 0 Å². The molecule has 1 saturated carbocycles. The second-order valence-corrected chi connectivity index (χ2v) is 21.8. The van der Waals surface area contributed by atoms with E-state index in [0.29, 0.717) is 38.6 Å². The normalized spacial score (nSPS) is 19.4. The average Bonchev–Trinajstić information content (AvgIpc) is 3.92. The Bertz CT molecular complexity index is 1970. The highest BCUT2D eigenvalue weighted by molar-refractivity contribution is 6.12. The number of methoxy groups -OCH3 is 2. The molecule has 1 N–H and O–H groups in total. The van der Waals surface area contributed by atoms with Crippen molar-refractivity contribution in [3.63, 3.8) is 0 Å². The Morgan fingerprint density at radius 2 is 1.44 bits per heavy atom. The molecule has 0 radical (unpaired) electrons. The van der Waals surface area contributed by atoms with Gasteiger partial charge in [0.15, 0.2) is 5.78 Å². The molecule has 15 nitrogen and oxygen atoms in total. The highest BCUT2D eigenvalue weighted by Gasteiger charge is 2.45. The molecule has 2 aliphatic heterocycles. The predicted octanol–water partition coefficient (Wildman–Crippen LogP) is 7.21. The number of esters is 1. The van der Waals surface area contributed by atoms with E-state index in [9.17, 15) is 38.4 Å². The Morgan fingerprint density at radius 1 is 0.800 bits per heavy atom. The number of hydrogen-bond donors (Lipinski definition) is 1. The highest BCUT2D eigenvalue weighted by atomic mass is 16.6. The number of benzene rings is 1. The SMILES string of the molecule is CO[C@H]([C@@H](C)C(=O)C[C@@H](Cc1ccccc1)C(=O)OC(C)(C)C)[C@@H]1CCCN1C(=O)C[C@@H](OC)[C@H](C1CCCCC1)N(C)C(=O)[C@@H](CC(=O)C(C)(C)NC(=O)CCCCCN1C(=O)C=CC1=O)C(C)C. The second-order valence-electron chi connectivity index (χ2n) is 21.8. The first-order chi connectivity index (χ1) is 33.0. The molecule has 1 saturated heterocycles. The lowest BCUT2D eigenvalue weighted by Crippen LogP contribution is -2.55. The highest BCUT2D eigenvalue weighted by Crippen LogP contribution is 2.36. The van der Waals surface area contributed by atoms with Crippen molar-refractivity contribution in [2.24, 2.45) is 29.6 Å². The molecule has 4 rings (SSSR count). The van der Waals surface area contributed by atoms with Crippen molar-refractivity contribution in [1.82, 2.24) is 20.0 Å². The lowest BCUT2D eigenvalue weighted by molar-refractivity contribution is -0.161. The van der Waals surface area contributed by atoms with Gasteiger partial charge in [-0.3, -0.25) is 43.3 Å². The summed E-state index contributed by atoms with van der Waals surface area (Å²) in [5.41, 5.74) is -1.05. The smallest absolute Gasteiger partial charge is 0.310 e. The maximum absolute atomic E-state index is 14.8. The first-order valence-electron chi connectivity index (χ1n) is 25.8. The Kier molecular flexibility index (Phi) is 22.0. The molecule has 1 aromatic rings. The minimum absolute atomic E-state index is 0.00159. The van der Waals surface area contributed by atoms with Crippen LogP contribution >= 0.6 is 0 Å². The van der Waals surface area contributed by atoms with E-state index < -0.39 is 59.2 Å². The third-order valence-corrected chi connectivity index (χ3v) is 14.6. The zero-order valence-corrected chi connectivity index (χ0v) is 44.1. The van der Waals surface area contributed by atoms with Gasteiger partial charge in [-0.25, -0.2) is 0 Å². The zero-order valence-electron chi connectivity index (χ0n) is 44.1. The number of unbranched alkanes of at least 4 members (excludes halogenated alkanes) is 2. The van der Waals surface area contributed by atoms with E-state index in [-0.39, 0.29) is 85.2 Å². The summed E-state index contributed by atoms with van der Waals surface area (Å²) >= 11 is 0. The van der Waals surface area contributed by atoms with Crippen LogP contribution in [-0.2, 0) is 59.0 Å². The summed E-state index contributed by atoms with van der Waals surface area (Å²) in [6.45, 7) is 15.1. The number of Topliss-reactive ketones (excluding diaryl/α,β-unsaturated/α-hetero) is 2. The fourth-order valence-corrected chi connectivity index (χ4v) is 10.6. The molecule has 0 aromatic heterocycles. The van der Waals surface area contributed by atoms with Crippen LogP contribution in [0, 0.1) is 29.6 Å². The van der Waals surface area contributed by atoms with Crippen LogP contribution in [0.2, 0.25) is 0 Å². The first kappa shape index (κ1) is 57.8. The maximum Gasteiger partial charge on any atom is 0.310 e. The van der Waals surface area contributed by atoms with Gasteiger partial charge < -0.3 is 29.3 Å². The average molecular weight is 977 g/mol. The molecule has 1 aromatic carbocycles. The van der Waals surface area contributed by atoms with Crippen molar-refractivity contribution in [3.05, 3.63) is 48.0 Å². The molecule has 70 heavy (non-hydrogen) atoms. The van der Waals surface area contributed by atoms with Crippen molar-refractivity contribution in [2.45, 2.75) is 187 Å². The third kappa shape index (κ3) is 16.4. The topological polar surface area (TPSA) is 186 Å². The molecule has 1 aliphatic carbocycles. The van der Waals surface area contributed by atoms with Gasteiger partial charge in [0.25, 0.3) is 11.8 Å². The Balaban J connectivity index is 1.44. The van der Waals surface area contributed by atoms with Crippen LogP contribution < -0.4 is 5.32 Å². The van der Waals surface area contributed by atoms with Crippen LogP contribution in [0.4, 0.5) is 0 Å². The molecule has 2 fully saturated rings. The van der Waals surface area contributed by atoms with Crippen molar-refractivity contribution < 1.29 is 52.6 Å². The Hall–Kier alpha value is -4.76. The lowest BCUT2D eigenvalue weighted by Gasteiger charge is -2.43. The van der Waals surface area contributed by atoms with Gasteiger partial charge in [-0.15, -0.1) is 0 Å². The standard InChI is InChI=1S/C55H84N4O11/c1-36(2)41(34-45(61)55(7,8)56-46(62)27-19-14-20-30-59-47(63)28-29-48(59)64)52(66)57(9)50(39-24-17-13-18-25-39)44(68-10)35-49(65)58-31-21-26-42(58)51(69-11)37(3)43(60)33-40(53(67)70-54(4,5)6)32-38-22-15-12-16-23-38/h12,15-16,22-23,28-29,36-37,39-42,44,50-51H,13-14,17-21,24-27,30-35H2,1-11H3,(H,56,62)/t37-,40+,41-,42-,44+,50-,51+/m0/s1. The number of hydrogen-bond acceptors (Lipinski definition) is 11. The molecular weight excluding hydrogens is 893 g/mol. The Morgan fingerprint density at radius 3 is 2.03 bits per heavy atom. The quantitative estimate of drug-likeness (QED) is 0.0534. The first-order valence-corrected chi connectivity index (χ1v) is 25.8. The molecule has 2 heterocycles. The van der Waals surface area contributed by atoms with E-state index in [4.69, 9.17) is 14.2 Å². The van der Waals surface area contributed by atoms with Gasteiger partial charge >= 0.3 is 5.97 Å². The number of likely N-dealkylation sites (tertiary alicyclic amines) is 1. The van der Waals surface area contributed by atoms with E-state index in [2.05, 4.69) is 5.32 Å². The number of amides is 5. The Labute approximate surface area is 417 Å². The van der Waals surface area contributed by atoms with Crippen molar-refractivity contribution >= 4 is 47.1 Å². The van der Waals surface area contributed by atoms with Gasteiger partial charge in [-0.05, 0) is 97.0 Å². The number of nitrogens with zero attached hydrogens (tertiary/aromatic N) is 3. The molecule has 5 amide bonds. The largest absolute Gasteiger partial charge is 0.460 e. The summed E-state index contributed by atoms with van der Waals surface area (Å²) in [5, 5.41) is 2.87. The van der Waals surface area contributed by atoms with Crippen molar-refractivity contribution in [2.75, 3.05) is 34.4 Å². The molecule has 0 unspecified atom stereocenters. The van der Waals surface area contributed by atoms with E-state index in [1.807, 2.05) is 56.0 Å². The predicted molar refractivity (Wildman–Crippen MR) is 267 cm³/mol. The molecule has 390 valence electrons. The van der Waals surface area contributed by atoms with Gasteiger partial charge in [0.1, 0.15) is 11.4 Å². The number of likely N-dealkylation sites (N-methyl/N-ethyl adjacent to an activating group) is 1. The number of nitrogens with one attached hydrogen (secondary N) is 1. The minimum Gasteiger partial charge on any atom is -0.460 e. The summed E-state index contributed by atoms with van der Waals surface area (Å²) in [4.78, 5) is 112. The number of ether oxygens (including phenoxy) is 3. The summed E-state index contributed by atoms with van der Waals surface area (Å²) in [5.74, 6) is -4.40. The number of imide groups is 1. The molecule has 15 heteroatoms. The van der Waals surface area contributed by atoms with Crippen LogP contribution in [0.15, 0.2) is 42.5 Å². The second kappa shape index (κ2) is 26.6. The van der Waals surface area contributed by atoms with Gasteiger partial charge in [-0.2, -0.15) is 0 Å². The van der Waals surface area contributed by atoms with E-state index in [1.54, 1.807) is 60.8 Å². The molecule has 3 aliphatic rings. The molecule has 0 bridgehead atoms. The van der Waals surface area contributed by atoms with E-state index >= 15 is 0 Å². The summed E-state index contributed by atoms with van der Waals surface area (Å²) in [6, 6.07) is 8.71. The van der Waals surface area contributed by atoms with Crippen LogP contribution in [-0.4, -0.2) is 132 Å². The van der Waals surface area contributed by atoms with Gasteiger partial charge in [0.05, 0.1) is 42.2 Å². The van der Waals surface area contributed by atoms with Gasteiger partial charge in [0.2, 0.25) is 17.7 Å². The summed E-state index contributed by atoms with van der Waals surface area (Å²) in [7, 11) is 4.89. The number of carbonyl (C=O) groups excluding carboxylic acids is 8. The van der Waals surface area contributed by atoms with Crippen LogP contribution in [0.25, 0.3) is 0 Å². The molecular formula is C55H84N4O11. The molecule has 0 spiro atoms. The van der Waals surface area contributed by atoms with Gasteiger partial charge in [0, 0.05) is 77.6 Å². The van der Waals surface area contributed by atoms with Crippen LogP contribution in [0.1, 0.15) is 151 Å². The summed E-state index contributed by atoms with van der Waals surface area (Å²) < 4.78 is 18.0. The number of rotatable bonds is 27. The zero-order chi connectivity index (χ0) is 51.9. The maximum atomic E-state index is 14.8. The number of carbonyl (C=O) groups is 8. The fraction of sp³-hybridized carbons (Fsp3) is 0.709. The van der Waals surface area contributed by atoms with E-state index in [0.717, 1.165) is 44.1 Å². The van der Waals surface area contributed by atoms with Gasteiger partial charge in [-0.1, -0.05) is 76.8 Å².